The maximum absolute atomic E-state index is 12.2. The monoisotopic (exact) mass is 298 g/mol. The van der Waals surface area contributed by atoms with Crippen LogP contribution in [0.15, 0.2) is 42.5 Å². The van der Waals surface area contributed by atoms with E-state index in [-0.39, 0.29) is 5.91 Å². The molecule has 0 aliphatic carbocycles. The van der Waals surface area contributed by atoms with Crippen molar-refractivity contribution in [3.8, 4) is 5.75 Å². The van der Waals surface area contributed by atoms with Crippen molar-refractivity contribution < 1.29 is 9.53 Å². The number of nitrogen functional groups attached to an aromatic ring is 1. The second-order valence-electron chi connectivity index (χ2n) is 5.26. The number of aryl methyl sites for hydroxylation is 1. The molecule has 2 aromatic carbocycles. The number of carbonyl (C=O) groups excluding carboxylic acids is 1. The van der Waals surface area contributed by atoms with E-state index in [4.69, 9.17) is 10.5 Å². The number of carbonyl (C=O) groups is 1. The number of hydrogen-bond acceptors (Lipinski definition) is 3. The Kier molecular flexibility index (Phi) is 5.42. The van der Waals surface area contributed by atoms with Crippen LogP contribution in [0.3, 0.4) is 0 Å². The predicted octanol–water partition coefficient (Wildman–Crippen LogP) is 4.01. The van der Waals surface area contributed by atoms with E-state index in [0.29, 0.717) is 17.9 Å². The van der Waals surface area contributed by atoms with Gasteiger partial charge in [-0.05, 0) is 55.3 Å². The van der Waals surface area contributed by atoms with Gasteiger partial charge in [0.25, 0.3) is 5.91 Å². The van der Waals surface area contributed by atoms with Gasteiger partial charge >= 0.3 is 0 Å². The molecule has 116 valence electrons. The van der Waals surface area contributed by atoms with Crippen LogP contribution in [0.5, 0.6) is 5.75 Å². The standard InChI is InChI=1S/C18H22N2O2/c1-3-4-10-22-16-8-9-17(13(2)11-16)20-18(21)14-6-5-7-15(19)12-14/h5-9,11-12H,3-4,10,19H2,1-2H3,(H,20,21). The first-order valence-corrected chi connectivity index (χ1v) is 7.50. The van der Waals surface area contributed by atoms with Crippen LogP contribution in [0.4, 0.5) is 11.4 Å². The van der Waals surface area contributed by atoms with Crippen LogP contribution in [0.25, 0.3) is 0 Å². The topological polar surface area (TPSA) is 64.3 Å². The van der Waals surface area contributed by atoms with Gasteiger partial charge in [-0.2, -0.15) is 0 Å². The van der Waals surface area contributed by atoms with E-state index in [2.05, 4.69) is 12.2 Å². The Morgan fingerprint density at radius 2 is 2.05 bits per heavy atom. The number of nitrogens with one attached hydrogen (secondary N) is 1. The van der Waals surface area contributed by atoms with E-state index in [9.17, 15) is 4.79 Å². The zero-order valence-corrected chi connectivity index (χ0v) is 13.1. The zero-order valence-electron chi connectivity index (χ0n) is 13.1. The number of unbranched alkanes of at least 4 members (excludes halogenated alkanes) is 1. The van der Waals surface area contributed by atoms with Gasteiger partial charge in [0.05, 0.1) is 6.61 Å². The lowest BCUT2D eigenvalue weighted by Gasteiger charge is -2.11. The van der Waals surface area contributed by atoms with Crippen molar-refractivity contribution in [2.24, 2.45) is 0 Å². The van der Waals surface area contributed by atoms with Crippen LogP contribution in [-0.4, -0.2) is 12.5 Å². The lowest BCUT2D eigenvalue weighted by Crippen LogP contribution is -2.13. The Balaban J connectivity index is 2.05. The van der Waals surface area contributed by atoms with Crippen molar-refractivity contribution in [1.29, 1.82) is 0 Å². The third-order valence-electron chi connectivity index (χ3n) is 3.36. The van der Waals surface area contributed by atoms with Gasteiger partial charge < -0.3 is 15.8 Å². The van der Waals surface area contributed by atoms with E-state index in [0.717, 1.165) is 29.8 Å². The van der Waals surface area contributed by atoms with Crippen molar-refractivity contribution in [2.75, 3.05) is 17.7 Å². The highest BCUT2D eigenvalue weighted by Crippen LogP contribution is 2.22. The van der Waals surface area contributed by atoms with Gasteiger partial charge in [-0.1, -0.05) is 19.4 Å². The number of amides is 1. The second-order valence-corrected chi connectivity index (χ2v) is 5.26. The van der Waals surface area contributed by atoms with E-state index in [1.54, 1.807) is 24.3 Å². The molecule has 0 atom stereocenters. The Hall–Kier alpha value is -2.49. The first-order chi connectivity index (χ1) is 10.6. The SMILES string of the molecule is CCCCOc1ccc(NC(=O)c2cccc(N)c2)c(C)c1. The molecule has 22 heavy (non-hydrogen) atoms. The molecule has 0 fully saturated rings. The summed E-state index contributed by atoms with van der Waals surface area (Å²) in [5.41, 5.74) is 8.56. The molecule has 2 rings (SSSR count). The zero-order chi connectivity index (χ0) is 15.9. The summed E-state index contributed by atoms with van der Waals surface area (Å²) in [6, 6.07) is 12.6. The van der Waals surface area contributed by atoms with Crippen LogP contribution in [0, 0.1) is 6.92 Å². The highest BCUT2D eigenvalue weighted by atomic mass is 16.5. The summed E-state index contributed by atoms with van der Waals surface area (Å²) in [6.07, 6.45) is 2.14. The molecule has 0 heterocycles. The van der Waals surface area contributed by atoms with Crippen LogP contribution in [0.2, 0.25) is 0 Å². The van der Waals surface area contributed by atoms with Crippen molar-refractivity contribution in [3.05, 3.63) is 53.6 Å². The van der Waals surface area contributed by atoms with Crippen molar-refractivity contribution >= 4 is 17.3 Å². The Bertz CT molecular complexity index is 653. The van der Waals surface area contributed by atoms with Gasteiger partial charge in [0, 0.05) is 16.9 Å². The molecule has 0 aromatic heterocycles. The van der Waals surface area contributed by atoms with Crippen molar-refractivity contribution in [1.82, 2.24) is 0 Å². The lowest BCUT2D eigenvalue weighted by molar-refractivity contribution is 0.102. The summed E-state index contributed by atoms with van der Waals surface area (Å²) >= 11 is 0. The van der Waals surface area contributed by atoms with Gasteiger partial charge in [0.2, 0.25) is 0 Å². The first kappa shape index (κ1) is 15.9. The first-order valence-electron chi connectivity index (χ1n) is 7.50. The lowest BCUT2D eigenvalue weighted by atomic mass is 10.1. The third kappa shape index (κ3) is 4.25. The van der Waals surface area contributed by atoms with Crippen LogP contribution in [-0.2, 0) is 0 Å². The average Bonchev–Trinajstić information content (AvgIpc) is 2.50. The summed E-state index contributed by atoms with van der Waals surface area (Å²) in [6.45, 7) is 4.79. The van der Waals surface area contributed by atoms with Gasteiger partial charge in [-0.3, -0.25) is 4.79 Å². The van der Waals surface area contributed by atoms with Gasteiger partial charge in [0.15, 0.2) is 0 Å². The van der Waals surface area contributed by atoms with E-state index in [1.807, 2.05) is 25.1 Å². The van der Waals surface area contributed by atoms with Crippen LogP contribution < -0.4 is 15.8 Å². The summed E-state index contributed by atoms with van der Waals surface area (Å²) in [5.74, 6) is 0.656. The number of benzene rings is 2. The number of rotatable bonds is 6. The average molecular weight is 298 g/mol. The molecule has 0 bridgehead atoms. The van der Waals surface area contributed by atoms with E-state index >= 15 is 0 Å². The molecular weight excluding hydrogens is 276 g/mol. The number of anilines is 2. The molecule has 3 N–H and O–H groups in total. The fraction of sp³-hybridized carbons (Fsp3) is 0.278. The highest BCUT2D eigenvalue weighted by Gasteiger charge is 2.08. The van der Waals surface area contributed by atoms with Crippen molar-refractivity contribution in [2.45, 2.75) is 26.7 Å². The fourth-order valence-corrected chi connectivity index (χ4v) is 2.07. The fourth-order valence-electron chi connectivity index (χ4n) is 2.07. The minimum absolute atomic E-state index is 0.171. The summed E-state index contributed by atoms with van der Waals surface area (Å²) in [4.78, 5) is 12.2. The molecule has 4 nitrogen and oxygen atoms in total. The maximum atomic E-state index is 12.2. The van der Waals surface area contributed by atoms with E-state index in [1.165, 1.54) is 0 Å². The molecule has 0 saturated heterocycles. The van der Waals surface area contributed by atoms with Crippen LogP contribution in [0.1, 0.15) is 35.7 Å². The smallest absolute Gasteiger partial charge is 0.255 e. The van der Waals surface area contributed by atoms with E-state index < -0.39 is 0 Å². The summed E-state index contributed by atoms with van der Waals surface area (Å²) in [5, 5.41) is 2.90. The molecule has 4 heteroatoms. The normalized spacial score (nSPS) is 10.3. The van der Waals surface area contributed by atoms with Crippen molar-refractivity contribution in [3.63, 3.8) is 0 Å². The Labute approximate surface area is 131 Å². The Morgan fingerprint density at radius 3 is 2.73 bits per heavy atom. The predicted molar refractivity (Wildman–Crippen MR) is 90.4 cm³/mol. The molecule has 0 aliphatic heterocycles. The molecule has 0 saturated carbocycles. The highest BCUT2D eigenvalue weighted by molar-refractivity contribution is 6.05. The molecule has 0 aliphatic rings. The maximum Gasteiger partial charge on any atom is 0.255 e. The molecule has 1 amide bonds. The number of nitrogens with two attached hydrogens (primary N) is 1. The second kappa shape index (κ2) is 7.50. The third-order valence-corrected chi connectivity index (χ3v) is 3.36. The molecule has 0 unspecified atom stereocenters. The molecule has 0 radical (unpaired) electrons. The molecule has 2 aromatic rings. The van der Waals surface area contributed by atoms with Gasteiger partial charge in [-0.25, -0.2) is 0 Å². The quantitative estimate of drug-likeness (QED) is 0.625. The molecular formula is C18H22N2O2. The number of hydrogen-bond donors (Lipinski definition) is 2. The summed E-state index contributed by atoms with van der Waals surface area (Å²) in [7, 11) is 0. The van der Waals surface area contributed by atoms with Crippen LogP contribution >= 0.6 is 0 Å². The minimum atomic E-state index is -0.171. The van der Waals surface area contributed by atoms with Gasteiger partial charge in [-0.15, -0.1) is 0 Å². The summed E-state index contributed by atoms with van der Waals surface area (Å²) < 4.78 is 5.66. The Morgan fingerprint density at radius 1 is 1.23 bits per heavy atom. The number of ether oxygens (including phenoxy) is 1. The largest absolute Gasteiger partial charge is 0.494 e. The van der Waals surface area contributed by atoms with Gasteiger partial charge in [0.1, 0.15) is 5.75 Å². The molecule has 0 spiro atoms. The minimum Gasteiger partial charge on any atom is -0.494 e.